The van der Waals surface area contributed by atoms with Gasteiger partial charge < -0.3 is 15.1 Å². The van der Waals surface area contributed by atoms with Crippen LogP contribution in [0, 0.1) is 11.7 Å². The molecular formula is C17H22FNO3. The number of rotatable bonds is 2. The molecule has 1 aromatic rings. The van der Waals surface area contributed by atoms with Crippen LogP contribution in [-0.4, -0.2) is 40.2 Å². The Morgan fingerprint density at radius 2 is 1.82 bits per heavy atom. The lowest BCUT2D eigenvalue weighted by Gasteiger charge is -2.29. The first-order valence-electron chi connectivity index (χ1n) is 7.93. The lowest BCUT2D eigenvalue weighted by molar-refractivity contribution is -0.137. The fraction of sp³-hybridized carbons (Fsp3) is 0.588. The van der Waals surface area contributed by atoms with Crippen LogP contribution in [0.15, 0.2) is 24.3 Å². The minimum Gasteiger partial charge on any atom is -0.393 e. The van der Waals surface area contributed by atoms with Crippen molar-refractivity contribution >= 4 is 5.91 Å². The number of carbonyl (C=O) groups is 1. The number of nitrogens with zero attached hydrogens (tertiary/aromatic N) is 1. The van der Waals surface area contributed by atoms with Gasteiger partial charge in [-0.3, -0.25) is 4.79 Å². The van der Waals surface area contributed by atoms with Crippen molar-refractivity contribution in [2.75, 3.05) is 13.1 Å². The van der Waals surface area contributed by atoms with Crippen molar-refractivity contribution in [1.29, 1.82) is 0 Å². The first-order chi connectivity index (χ1) is 10.5. The van der Waals surface area contributed by atoms with Crippen LogP contribution in [0.3, 0.4) is 0 Å². The SMILES string of the molecule is O=C(C1CCC(O)CC1)N1CCC(O)(c2ccc(F)cc2)C1. The number of amides is 1. The summed E-state index contributed by atoms with van der Waals surface area (Å²) in [5, 5.41) is 20.3. The van der Waals surface area contributed by atoms with E-state index in [0.717, 1.165) is 0 Å². The summed E-state index contributed by atoms with van der Waals surface area (Å²) < 4.78 is 13.0. The van der Waals surface area contributed by atoms with Gasteiger partial charge in [-0.2, -0.15) is 0 Å². The third kappa shape index (κ3) is 3.01. The molecular weight excluding hydrogens is 285 g/mol. The summed E-state index contributed by atoms with van der Waals surface area (Å²) in [4.78, 5) is 14.3. The van der Waals surface area contributed by atoms with E-state index in [9.17, 15) is 19.4 Å². The molecule has 1 atom stereocenters. The molecule has 1 aromatic carbocycles. The van der Waals surface area contributed by atoms with Crippen LogP contribution in [0.5, 0.6) is 0 Å². The minimum atomic E-state index is -1.09. The highest BCUT2D eigenvalue weighted by Crippen LogP contribution is 2.34. The Morgan fingerprint density at radius 3 is 2.45 bits per heavy atom. The molecule has 5 heteroatoms. The van der Waals surface area contributed by atoms with Gasteiger partial charge in [0.25, 0.3) is 0 Å². The van der Waals surface area contributed by atoms with E-state index in [1.165, 1.54) is 12.1 Å². The molecule has 3 rings (SSSR count). The zero-order chi connectivity index (χ0) is 15.7. The van der Waals surface area contributed by atoms with Crippen molar-refractivity contribution in [3.05, 3.63) is 35.6 Å². The molecule has 0 aromatic heterocycles. The second-order valence-corrected chi connectivity index (χ2v) is 6.55. The minimum absolute atomic E-state index is 0.0426. The van der Waals surface area contributed by atoms with Gasteiger partial charge >= 0.3 is 0 Å². The lowest BCUT2D eigenvalue weighted by Crippen LogP contribution is -2.39. The van der Waals surface area contributed by atoms with E-state index in [1.54, 1.807) is 17.0 Å². The van der Waals surface area contributed by atoms with Crippen LogP contribution in [-0.2, 0) is 10.4 Å². The number of hydrogen-bond donors (Lipinski definition) is 2. The van der Waals surface area contributed by atoms with E-state index >= 15 is 0 Å². The molecule has 1 saturated heterocycles. The highest BCUT2D eigenvalue weighted by atomic mass is 19.1. The van der Waals surface area contributed by atoms with E-state index < -0.39 is 5.60 Å². The predicted molar refractivity (Wildman–Crippen MR) is 79.5 cm³/mol. The highest BCUT2D eigenvalue weighted by molar-refractivity contribution is 5.79. The molecule has 1 amide bonds. The highest BCUT2D eigenvalue weighted by Gasteiger charge is 2.41. The van der Waals surface area contributed by atoms with Gasteiger partial charge in [-0.15, -0.1) is 0 Å². The van der Waals surface area contributed by atoms with Gasteiger partial charge in [0.05, 0.1) is 12.6 Å². The van der Waals surface area contributed by atoms with Crippen LogP contribution < -0.4 is 0 Å². The molecule has 1 saturated carbocycles. The molecule has 4 nitrogen and oxygen atoms in total. The second kappa shape index (κ2) is 5.97. The van der Waals surface area contributed by atoms with Gasteiger partial charge in [0.15, 0.2) is 0 Å². The van der Waals surface area contributed by atoms with Gasteiger partial charge in [-0.25, -0.2) is 4.39 Å². The largest absolute Gasteiger partial charge is 0.393 e. The molecule has 1 unspecified atom stereocenters. The van der Waals surface area contributed by atoms with Crippen LogP contribution in [0.4, 0.5) is 4.39 Å². The van der Waals surface area contributed by atoms with Crippen molar-refractivity contribution in [3.8, 4) is 0 Å². The van der Waals surface area contributed by atoms with Crippen LogP contribution in [0.1, 0.15) is 37.7 Å². The van der Waals surface area contributed by atoms with Crippen LogP contribution >= 0.6 is 0 Å². The Labute approximate surface area is 129 Å². The summed E-state index contributed by atoms with van der Waals surface area (Å²) in [5.74, 6) is -0.303. The molecule has 1 heterocycles. The third-order valence-electron chi connectivity index (χ3n) is 4.99. The van der Waals surface area contributed by atoms with E-state index in [4.69, 9.17) is 0 Å². The molecule has 0 spiro atoms. The van der Waals surface area contributed by atoms with Crippen molar-refractivity contribution in [1.82, 2.24) is 4.90 Å². The molecule has 22 heavy (non-hydrogen) atoms. The maximum absolute atomic E-state index is 13.0. The van der Waals surface area contributed by atoms with Crippen molar-refractivity contribution in [2.24, 2.45) is 5.92 Å². The zero-order valence-corrected chi connectivity index (χ0v) is 12.5. The van der Waals surface area contributed by atoms with E-state index in [1.807, 2.05) is 0 Å². The smallest absolute Gasteiger partial charge is 0.225 e. The molecule has 0 bridgehead atoms. The van der Waals surface area contributed by atoms with Gasteiger partial charge in [-0.05, 0) is 49.8 Å². The number of carbonyl (C=O) groups excluding carboxylic acids is 1. The van der Waals surface area contributed by atoms with E-state index in [0.29, 0.717) is 44.2 Å². The Morgan fingerprint density at radius 1 is 1.18 bits per heavy atom. The van der Waals surface area contributed by atoms with E-state index in [2.05, 4.69) is 0 Å². The fourth-order valence-electron chi connectivity index (χ4n) is 3.56. The number of hydrogen-bond acceptors (Lipinski definition) is 3. The van der Waals surface area contributed by atoms with Gasteiger partial charge in [-0.1, -0.05) is 12.1 Å². The van der Waals surface area contributed by atoms with Crippen molar-refractivity contribution in [2.45, 2.75) is 43.8 Å². The fourth-order valence-corrected chi connectivity index (χ4v) is 3.56. The van der Waals surface area contributed by atoms with Crippen molar-refractivity contribution < 1.29 is 19.4 Å². The average Bonchev–Trinajstić information content (AvgIpc) is 2.91. The Hall–Kier alpha value is -1.46. The van der Waals surface area contributed by atoms with Crippen molar-refractivity contribution in [3.63, 3.8) is 0 Å². The third-order valence-corrected chi connectivity index (χ3v) is 4.99. The van der Waals surface area contributed by atoms with E-state index in [-0.39, 0.29) is 30.3 Å². The molecule has 0 radical (unpaired) electrons. The zero-order valence-electron chi connectivity index (χ0n) is 12.5. The summed E-state index contributed by atoms with van der Waals surface area (Å²) in [6.45, 7) is 0.780. The number of β-amino-alcohol motifs (C(OH)–C–C–N with tert-alkyl or cyclic N) is 1. The lowest BCUT2D eigenvalue weighted by atomic mass is 9.86. The number of likely N-dealkylation sites (tertiary alicyclic amines) is 1. The Bertz CT molecular complexity index is 539. The summed E-state index contributed by atoms with van der Waals surface area (Å²) in [6.07, 6.45) is 2.97. The monoisotopic (exact) mass is 307 g/mol. The molecule has 120 valence electrons. The number of aliphatic hydroxyl groups excluding tert-OH is 1. The number of aliphatic hydroxyl groups is 2. The standard InChI is InChI=1S/C17H22FNO3/c18-14-5-3-13(4-6-14)17(22)9-10-19(11-17)16(21)12-1-7-15(20)8-2-12/h3-6,12,15,20,22H,1-2,7-11H2. The first-order valence-corrected chi connectivity index (χ1v) is 7.93. The topological polar surface area (TPSA) is 60.8 Å². The van der Waals surface area contributed by atoms with Crippen LogP contribution in [0.2, 0.25) is 0 Å². The Kier molecular flexibility index (Phi) is 4.19. The molecule has 2 aliphatic rings. The van der Waals surface area contributed by atoms with Gasteiger partial charge in [0.2, 0.25) is 5.91 Å². The number of halogens is 1. The quantitative estimate of drug-likeness (QED) is 0.876. The normalized spacial score (nSPS) is 32.2. The van der Waals surface area contributed by atoms with Crippen LogP contribution in [0.25, 0.3) is 0 Å². The molecule has 1 aliphatic heterocycles. The average molecular weight is 307 g/mol. The summed E-state index contributed by atoms with van der Waals surface area (Å²) in [7, 11) is 0. The molecule has 1 aliphatic carbocycles. The number of benzene rings is 1. The second-order valence-electron chi connectivity index (χ2n) is 6.55. The van der Waals surface area contributed by atoms with Gasteiger partial charge in [0, 0.05) is 12.5 Å². The first kappa shape index (κ1) is 15.4. The molecule has 2 fully saturated rings. The molecule has 2 N–H and O–H groups in total. The maximum atomic E-state index is 13.0. The van der Waals surface area contributed by atoms with Gasteiger partial charge in [0.1, 0.15) is 11.4 Å². The summed E-state index contributed by atoms with van der Waals surface area (Å²) >= 11 is 0. The Balaban J connectivity index is 1.66. The predicted octanol–water partition coefficient (Wildman–Crippen LogP) is 1.80. The summed E-state index contributed by atoms with van der Waals surface area (Å²) in [6, 6.07) is 5.83. The summed E-state index contributed by atoms with van der Waals surface area (Å²) in [5.41, 5.74) is -0.430. The maximum Gasteiger partial charge on any atom is 0.225 e.